The predicted molar refractivity (Wildman–Crippen MR) is 126 cm³/mol. The number of carbonyl (C=O) groups is 3. The molecule has 1 unspecified atom stereocenters. The van der Waals surface area contributed by atoms with Crippen LogP contribution in [-0.2, 0) is 14.3 Å². The van der Waals surface area contributed by atoms with Gasteiger partial charge in [0, 0.05) is 57.4 Å². The van der Waals surface area contributed by atoms with E-state index in [0.29, 0.717) is 18.9 Å². The predicted octanol–water partition coefficient (Wildman–Crippen LogP) is 2.73. The number of piperazine rings is 1. The molecule has 3 heterocycles. The second kappa shape index (κ2) is 9.71. The van der Waals surface area contributed by atoms with E-state index in [0.717, 1.165) is 63.4 Å². The van der Waals surface area contributed by atoms with E-state index >= 15 is 0 Å². The first-order valence-electron chi connectivity index (χ1n) is 12.1. The number of benzene rings is 1. The van der Waals surface area contributed by atoms with Gasteiger partial charge in [-0.3, -0.25) is 19.8 Å². The van der Waals surface area contributed by atoms with Crippen molar-refractivity contribution in [3.8, 4) is 0 Å². The maximum Gasteiger partial charge on any atom is 0.410 e. The molecule has 3 saturated heterocycles. The van der Waals surface area contributed by atoms with Crippen molar-refractivity contribution in [1.82, 2.24) is 15.1 Å². The minimum atomic E-state index is -0.459. The number of nitrogens with zero attached hydrogens (tertiary/aromatic N) is 3. The molecule has 180 valence electrons. The third-order valence-electron chi connectivity index (χ3n) is 6.82. The van der Waals surface area contributed by atoms with Crippen LogP contribution in [0.4, 0.5) is 10.5 Å². The summed E-state index contributed by atoms with van der Waals surface area (Å²) in [6.07, 6.45) is 2.71. The Morgan fingerprint density at radius 1 is 1.00 bits per heavy atom. The number of ether oxygens (including phenoxy) is 1. The lowest BCUT2D eigenvalue weighted by atomic mass is 9.90. The van der Waals surface area contributed by atoms with Crippen LogP contribution in [0.25, 0.3) is 0 Å². The molecule has 1 aromatic carbocycles. The molecule has 3 amide bonds. The SMILES string of the molecule is CC(C)(C)OC(=O)N1CCC(N2CCN(c3cccc(C4CCC(=O)NC4=O)c3)CC2)CC1. The van der Waals surface area contributed by atoms with Crippen LogP contribution < -0.4 is 10.2 Å². The molecule has 33 heavy (non-hydrogen) atoms. The van der Waals surface area contributed by atoms with E-state index in [1.54, 1.807) is 0 Å². The fourth-order valence-corrected chi connectivity index (χ4v) is 5.04. The van der Waals surface area contributed by atoms with Crippen LogP contribution in [0.2, 0.25) is 0 Å². The van der Waals surface area contributed by atoms with Crippen molar-refractivity contribution in [2.24, 2.45) is 0 Å². The molecule has 0 aliphatic carbocycles. The minimum absolute atomic E-state index is 0.180. The second-order valence-electron chi connectivity index (χ2n) is 10.3. The zero-order valence-corrected chi connectivity index (χ0v) is 20.0. The van der Waals surface area contributed by atoms with Gasteiger partial charge in [0.25, 0.3) is 0 Å². The molecular weight excluding hydrogens is 420 g/mol. The summed E-state index contributed by atoms with van der Waals surface area (Å²) < 4.78 is 5.51. The van der Waals surface area contributed by atoms with Gasteiger partial charge in [0.15, 0.2) is 0 Å². The van der Waals surface area contributed by atoms with E-state index in [1.807, 2.05) is 37.8 Å². The normalized spacial score (nSPS) is 23.4. The Balaban J connectivity index is 1.28. The van der Waals surface area contributed by atoms with Crippen molar-refractivity contribution in [2.75, 3.05) is 44.2 Å². The molecule has 3 fully saturated rings. The molecule has 4 rings (SSSR count). The summed E-state index contributed by atoms with van der Waals surface area (Å²) in [6, 6.07) is 8.70. The molecule has 0 bridgehead atoms. The van der Waals surface area contributed by atoms with Crippen LogP contribution >= 0.6 is 0 Å². The van der Waals surface area contributed by atoms with Crippen molar-refractivity contribution in [3.05, 3.63) is 29.8 Å². The minimum Gasteiger partial charge on any atom is -0.444 e. The van der Waals surface area contributed by atoms with Crippen LogP contribution in [0.5, 0.6) is 0 Å². The maximum absolute atomic E-state index is 12.3. The standard InChI is InChI=1S/C25H36N4O4/c1-25(2,3)33-24(32)29-11-9-19(10-12-29)27-13-15-28(16-14-27)20-6-4-5-18(17-20)21-7-8-22(30)26-23(21)31/h4-6,17,19,21H,7-16H2,1-3H3,(H,26,30,31). The Hall–Kier alpha value is -2.61. The van der Waals surface area contributed by atoms with E-state index < -0.39 is 5.60 Å². The lowest BCUT2D eigenvalue weighted by Crippen LogP contribution is -2.54. The Labute approximate surface area is 196 Å². The van der Waals surface area contributed by atoms with Crippen LogP contribution in [0.3, 0.4) is 0 Å². The zero-order chi connectivity index (χ0) is 23.6. The van der Waals surface area contributed by atoms with Crippen molar-refractivity contribution in [2.45, 2.75) is 64.0 Å². The van der Waals surface area contributed by atoms with Gasteiger partial charge in [-0.1, -0.05) is 12.1 Å². The lowest BCUT2D eigenvalue weighted by Gasteiger charge is -2.43. The van der Waals surface area contributed by atoms with E-state index in [2.05, 4.69) is 27.2 Å². The van der Waals surface area contributed by atoms with Gasteiger partial charge in [-0.15, -0.1) is 0 Å². The second-order valence-corrected chi connectivity index (χ2v) is 10.3. The molecule has 0 aromatic heterocycles. The van der Waals surface area contributed by atoms with Gasteiger partial charge >= 0.3 is 6.09 Å². The summed E-state index contributed by atoms with van der Waals surface area (Å²) in [5.74, 6) is -0.620. The number of anilines is 1. The van der Waals surface area contributed by atoms with Crippen LogP contribution in [0.1, 0.15) is 57.9 Å². The summed E-state index contributed by atoms with van der Waals surface area (Å²) in [4.78, 5) is 42.8. The van der Waals surface area contributed by atoms with Crippen LogP contribution in [0.15, 0.2) is 24.3 Å². The molecule has 3 aliphatic rings. The topological polar surface area (TPSA) is 82.2 Å². The fraction of sp³-hybridized carbons (Fsp3) is 0.640. The molecule has 0 saturated carbocycles. The van der Waals surface area contributed by atoms with Crippen molar-refractivity contribution in [3.63, 3.8) is 0 Å². The average molecular weight is 457 g/mol. The number of amides is 3. The van der Waals surface area contributed by atoms with Crippen molar-refractivity contribution in [1.29, 1.82) is 0 Å². The van der Waals surface area contributed by atoms with Gasteiger partial charge in [0.2, 0.25) is 11.8 Å². The third kappa shape index (κ3) is 5.85. The Morgan fingerprint density at radius 3 is 2.33 bits per heavy atom. The first-order valence-corrected chi connectivity index (χ1v) is 12.1. The van der Waals surface area contributed by atoms with E-state index in [4.69, 9.17) is 4.74 Å². The molecule has 0 spiro atoms. The van der Waals surface area contributed by atoms with Gasteiger partial charge < -0.3 is 14.5 Å². The monoisotopic (exact) mass is 456 g/mol. The van der Waals surface area contributed by atoms with E-state index in [-0.39, 0.29) is 23.8 Å². The van der Waals surface area contributed by atoms with Gasteiger partial charge in [-0.2, -0.15) is 0 Å². The average Bonchev–Trinajstić information content (AvgIpc) is 2.78. The fourth-order valence-electron chi connectivity index (χ4n) is 5.04. The summed E-state index contributed by atoms with van der Waals surface area (Å²) in [5, 5.41) is 2.46. The van der Waals surface area contributed by atoms with E-state index in [9.17, 15) is 14.4 Å². The van der Waals surface area contributed by atoms with Crippen LogP contribution in [-0.4, -0.2) is 78.6 Å². The van der Waals surface area contributed by atoms with Gasteiger partial charge in [-0.25, -0.2) is 4.79 Å². The largest absolute Gasteiger partial charge is 0.444 e. The number of hydrogen-bond acceptors (Lipinski definition) is 6. The first-order chi connectivity index (χ1) is 15.7. The number of carbonyl (C=O) groups excluding carboxylic acids is 3. The Kier molecular flexibility index (Phi) is 6.93. The number of likely N-dealkylation sites (tertiary alicyclic amines) is 1. The summed E-state index contributed by atoms with van der Waals surface area (Å²) in [5.41, 5.74) is 1.66. The maximum atomic E-state index is 12.3. The molecule has 1 aromatic rings. The molecular formula is C25H36N4O4. The highest BCUT2D eigenvalue weighted by Crippen LogP contribution is 2.29. The molecule has 8 nitrogen and oxygen atoms in total. The lowest BCUT2D eigenvalue weighted by molar-refractivity contribution is -0.134. The van der Waals surface area contributed by atoms with Crippen molar-refractivity contribution < 1.29 is 19.1 Å². The number of nitrogens with one attached hydrogen (secondary N) is 1. The molecule has 1 N–H and O–H groups in total. The first kappa shape index (κ1) is 23.5. The van der Waals surface area contributed by atoms with Crippen molar-refractivity contribution >= 4 is 23.6 Å². The Morgan fingerprint density at radius 2 is 1.70 bits per heavy atom. The highest BCUT2D eigenvalue weighted by molar-refractivity contribution is 6.01. The van der Waals surface area contributed by atoms with Crippen LogP contribution in [0, 0.1) is 0 Å². The van der Waals surface area contributed by atoms with Gasteiger partial charge in [0.1, 0.15) is 5.60 Å². The summed E-state index contributed by atoms with van der Waals surface area (Å²) >= 11 is 0. The van der Waals surface area contributed by atoms with Gasteiger partial charge in [-0.05, 0) is 57.7 Å². The number of hydrogen-bond donors (Lipinski definition) is 1. The number of piperidine rings is 2. The third-order valence-corrected chi connectivity index (χ3v) is 6.82. The molecule has 3 aliphatic heterocycles. The highest BCUT2D eigenvalue weighted by Gasteiger charge is 2.32. The Bertz CT molecular complexity index is 881. The number of imide groups is 1. The van der Waals surface area contributed by atoms with E-state index in [1.165, 1.54) is 0 Å². The quantitative estimate of drug-likeness (QED) is 0.705. The molecule has 8 heteroatoms. The smallest absolute Gasteiger partial charge is 0.410 e. The van der Waals surface area contributed by atoms with Gasteiger partial charge in [0.05, 0.1) is 5.92 Å². The highest BCUT2D eigenvalue weighted by atomic mass is 16.6. The summed E-state index contributed by atoms with van der Waals surface area (Å²) in [7, 11) is 0. The zero-order valence-electron chi connectivity index (χ0n) is 20.0. The molecule has 0 radical (unpaired) electrons. The molecule has 1 atom stereocenters. The summed E-state index contributed by atoms with van der Waals surface area (Å²) in [6.45, 7) is 11.0. The number of rotatable bonds is 3.